The van der Waals surface area contributed by atoms with Crippen LogP contribution in [0.2, 0.25) is 5.02 Å². The Bertz CT molecular complexity index is 1190. The molecule has 0 saturated carbocycles. The van der Waals surface area contributed by atoms with Crippen molar-refractivity contribution in [3.05, 3.63) is 89.0 Å². The molecule has 1 aliphatic heterocycles. The Hall–Kier alpha value is -3.49. The first kappa shape index (κ1) is 24.6. The van der Waals surface area contributed by atoms with Gasteiger partial charge in [-0.15, -0.1) is 0 Å². The number of halogens is 2. The molecule has 2 amide bonds. The quantitative estimate of drug-likeness (QED) is 0.509. The Kier molecular flexibility index (Phi) is 7.94. The van der Waals surface area contributed by atoms with E-state index in [9.17, 15) is 14.0 Å². The Morgan fingerprint density at radius 2 is 1.83 bits per heavy atom. The van der Waals surface area contributed by atoms with E-state index in [0.717, 1.165) is 11.1 Å². The fourth-order valence-electron chi connectivity index (χ4n) is 4.14. The van der Waals surface area contributed by atoms with Gasteiger partial charge >= 0.3 is 11.8 Å². The van der Waals surface area contributed by atoms with Crippen molar-refractivity contribution in [2.75, 3.05) is 42.9 Å². The van der Waals surface area contributed by atoms with Crippen LogP contribution in [0.3, 0.4) is 0 Å². The number of para-hydroxylation sites is 1. The molecule has 2 N–H and O–H groups in total. The molecule has 9 heteroatoms. The molecular formula is C26H27ClFN5O2. The fourth-order valence-corrected chi connectivity index (χ4v) is 4.32. The Morgan fingerprint density at radius 1 is 1.06 bits per heavy atom. The third-order valence-electron chi connectivity index (χ3n) is 6.11. The topological polar surface area (TPSA) is 77.6 Å². The Balaban J connectivity index is 1.39. The van der Waals surface area contributed by atoms with Gasteiger partial charge in [-0.05, 0) is 48.4 Å². The minimum atomic E-state index is -0.765. The van der Waals surface area contributed by atoms with Crippen molar-refractivity contribution >= 4 is 34.8 Å². The molecule has 1 saturated heterocycles. The van der Waals surface area contributed by atoms with Gasteiger partial charge in [0.25, 0.3) is 0 Å². The normalized spacial score (nSPS) is 14.9. The lowest BCUT2D eigenvalue weighted by atomic mass is 10.1. The van der Waals surface area contributed by atoms with Gasteiger partial charge in [0, 0.05) is 55.8 Å². The third kappa shape index (κ3) is 6.15. The lowest BCUT2D eigenvalue weighted by molar-refractivity contribution is -0.136. The zero-order valence-electron chi connectivity index (χ0n) is 19.4. The van der Waals surface area contributed by atoms with E-state index in [1.807, 2.05) is 30.0 Å². The van der Waals surface area contributed by atoms with Crippen molar-refractivity contribution < 1.29 is 14.0 Å². The highest BCUT2D eigenvalue weighted by atomic mass is 35.5. The minimum Gasteiger partial charge on any atom is -0.367 e. The summed E-state index contributed by atoms with van der Waals surface area (Å²) < 4.78 is 14.2. The first-order valence-electron chi connectivity index (χ1n) is 11.4. The van der Waals surface area contributed by atoms with E-state index in [2.05, 4.69) is 20.5 Å². The zero-order valence-corrected chi connectivity index (χ0v) is 20.1. The highest BCUT2D eigenvalue weighted by molar-refractivity contribution is 6.39. The van der Waals surface area contributed by atoms with Gasteiger partial charge in [0.05, 0.1) is 11.7 Å². The largest absolute Gasteiger partial charge is 0.367 e. The van der Waals surface area contributed by atoms with E-state index in [1.165, 1.54) is 6.07 Å². The molecule has 0 spiro atoms. The maximum absolute atomic E-state index is 14.2. The van der Waals surface area contributed by atoms with E-state index in [0.29, 0.717) is 42.6 Å². The monoisotopic (exact) mass is 495 g/mol. The lowest BCUT2D eigenvalue weighted by Crippen LogP contribution is -2.50. The molecule has 1 aromatic heterocycles. The summed E-state index contributed by atoms with van der Waals surface area (Å²) in [6.45, 7) is 4.69. The molecule has 7 nitrogen and oxygen atoms in total. The number of aromatic nitrogens is 1. The summed E-state index contributed by atoms with van der Waals surface area (Å²) in [6, 6.07) is 15.4. The van der Waals surface area contributed by atoms with Crippen LogP contribution in [-0.2, 0) is 9.59 Å². The molecule has 1 atom stereocenters. The van der Waals surface area contributed by atoms with Crippen molar-refractivity contribution in [2.45, 2.75) is 13.0 Å². The number of benzene rings is 2. The number of carbonyl (C=O) groups is 2. The molecular weight excluding hydrogens is 469 g/mol. The highest BCUT2D eigenvalue weighted by Gasteiger charge is 2.27. The second kappa shape index (κ2) is 11.3. The molecule has 0 radical (unpaired) electrons. The number of pyridine rings is 1. The van der Waals surface area contributed by atoms with Crippen LogP contribution < -0.4 is 15.5 Å². The summed E-state index contributed by atoms with van der Waals surface area (Å²) in [5, 5.41) is 5.84. The Labute approximate surface area is 208 Å². The standard InChI is InChI=1S/C26H27ClFN5O2/c1-18-8-9-20(15-21(18)27)31-26(35)25(34)30-17-24(19-5-4-10-29-16-19)33-13-11-32(12-14-33)23-7-3-2-6-22(23)28/h2-10,15-16,24H,11-14,17H2,1H3,(H,30,34)(H,31,35)/t24-/m0/s1. The maximum Gasteiger partial charge on any atom is 0.313 e. The van der Waals surface area contributed by atoms with Gasteiger partial charge < -0.3 is 15.5 Å². The highest BCUT2D eigenvalue weighted by Crippen LogP contribution is 2.25. The number of hydrogen-bond donors (Lipinski definition) is 2. The van der Waals surface area contributed by atoms with Crippen LogP contribution in [0.25, 0.3) is 0 Å². The van der Waals surface area contributed by atoms with Crippen LogP contribution in [0.1, 0.15) is 17.2 Å². The number of nitrogens with zero attached hydrogens (tertiary/aromatic N) is 3. The van der Waals surface area contributed by atoms with E-state index in [4.69, 9.17) is 11.6 Å². The SMILES string of the molecule is Cc1ccc(NC(=O)C(=O)NC[C@@H](c2cccnc2)N2CCN(c3ccccc3F)CC2)cc1Cl. The lowest BCUT2D eigenvalue weighted by Gasteiger charge is -2.40. The van der Waals surface area contributed by atoms with Crippen molar-refractivity contribution in [3.8, 4) is 0 Å². The van der Waals surface area contributed by atoms with E-state index >= 15 is 0 Å². The van der Waals surface area contributed by atoms with Gasteiger partial charge in [0.1, 0.15) is 5.82 Å². The number of hydrogen-bond acceptors (Lipinski definition) is 5. The summed E-state index contributed by atoms with van der Waals surface area (Å²) in [5.41, 5.74) is 2.85. The van der Waals surface area contributed by atoms with Crippen LogP contribution in [0.4, 0.5) is 15.8 Å². The van der Waals surface area contributed by atoms with Crippen LogP contribution in [0.5, 0.6) is 0 Å². The molecule has 35 heavy (non-hydrogen) atoms. The maximum atomic E-state index is 14.2. The summed E-state index contributed by atoms with van der Waals surface area (Å²) in [7, 11) is 0. The first-order valence-corrected chi connectivity index (χ1v) is 11.8. The number of anilines is 2. The smallest absolute Gasteiger partial charge is 0.313 e. The number of piperazine rings is 1. The van der Waals surface area contributed by atoms with Crippen molar-refractivity contribution in [1.29, 1.82) is 0 Å². The second-order valence-electron chi connectivity index (χ2n) is 8.40. The number of nitrogens with one attached hydrogen (secondary N) is 2. The van der Waals surface area contributed by atoms with E-state index in [-0.39, 0.29) is 18.4 Å². The number of carbonyl (C=O) groups excluding carboxylic acids is 2. The molecule has 2 aromatic carbocycles. The van der Waals surface area contributed by atoms with E-state index < -0.39 is 11.8 Å². The number of aryl methyl sites for hydroxylation is 1. The molecule has 4 rings (SSSR count). The molecule has 1 fully saturated rings. The van der Waals surface area contributed by atoms with Crippen LogP contribution in [0.15, 0.2) is 67.0 Å². The van der Waals surface area contributed by atoms with Crippen LogP contribution in [-0.4, -0.2) is 54.4 Å². The van der Waals surface area contributed by atoms with Gasteiger partial charge in [0.2, 0.25) is 0 Å². The third-order valence-corrected chi connectivity index (χ3v) is 6.52. The molecule has 3 aromatic rings. The van der Waals surface area contributed by atoms with Crippen LogP contribution in [0, 0.1) is 12.7 Å². The molecule has 182 valence electrons. The summed E-state index contributed by atoms with van der Waals surface area (Å²) in [5.74, 6) is -1.74. The zero-order chi connectivity index (χ0) is 24.8. The predicted molar refractivity (Wildman–Crippen MR) is 135 cm³/mol. The number of rotatable bonds is 6. The van der Waals surface area contributed by atoms with Gasteiger partial charge in [0.15, 0.2) is 0 Å². The second-order valence-corrected chi connectivity index (χ2v) is 8.81. The number of amides is 2. The van der Waals surface area contributed by atoms with Crippen molar-refractivity contribution in [2.24, 2.45) is 0 Å². The molecule has 0 aliphatic carbocycles. The molecule has 1 aliphatic rings. The minimum absolute atomic E-state index is 0.183. The van der Waals surface area contributed by atoms with Crippen molar-refractivity contribution in [1.82, 2.24) is 15.2 Å². The van der Waals surface area contributed by atoms with E-state index in [1.54, 1.807) is 42.7 Å². The molecule has 0 bridgehead atoms. The summed E-state index contributed by atoms with van der Waals surface area (Å²) in [6.07, 6.45) is 3.45. The predicted octanol–water partition coefficient (Wildman–Crippen LogP) is 3.80. The van der Waals surface area contributed by atoms with Gasteiger partial charge in [-0.3, -0.25) is 19.5 Å². The molecule has 0 unspecified atom stereocenters. The first-order chi connectivity index (χ1) is 16.9. The summed E-state index contributed by atoms with van der Waals surface area (Å²) >= 11 is 6.10. The average molecular weight is 496 g/mol. The fraction of sp³-hybridized carbons (Fsp3) is 0.269. The van der Waals surface area contributed by atoms with Gasteiger partial charge in [-0.25, -0.2) is 4.39 Å². The van der Waals surface area contributed by atoms with Gasteiger partial charge in [-0.1, -0.05) is 35.9 Å². The summed E-state index contributed by atoms with van der Waals surface area (Å²) in [4.78, 5) is 33.4. The average Bonchev–Trinajstić information content (AvgIpc) is 2.87. The Morgan fingerprint density at radius 3 is 2.51 bits per heavy atom. The van der Waals surface area contributed by atoms with Crippen LogP contribution >= 0.6 is 11.6 Å². The van der Waals surface area contributed by atoms with Gasteiger partial charge in [-0.2, -0.15) is 0 Å². The van der Waals surface area contributed by atoms with Crippen molar-refractivity contribution in [3.63, 3.8) is 0 Å². The molecule has 2 heterocycles.